The zero-order valence-electron chi connectivity index (χ0n) is 10.8. The van der Waals surface area contributed by atoms with Crippen LogP contribution in [-0.2, 0) is 6.54 Å². The number of anilines is 1. The molecule has 0 spiro atoms. The Morgan fingerprint density at radius 1 is 1.30 bits per heavy atom. The van der Waals surface area contributed by atoms with Crippen molar-refractivity contribution in [2.24, 2.45) is 5.73 Å². The molecular weight excluding hydrogens is 264 g/mol. The molecule has 1 heterocycles. The van der Waals surface area contributed by atoms with Crippen LogP contribution in [0.25, 0.3) is 0 Å². The van der Waals surface area contributed by atoms with E-state index in [0.717, 1.165) is 12.1 Å². The van der Waals surface area contributed by atoms with Gasteiger partial charge < -0.3 is 11.1 Å². The van der Waals surface area contributed by atoms with Crippen LogP contribution < -0.4 is 11.1 Å². The van der Waals surface area contributed by atoms with Crippen molar-refractivity contribution in [1.29, 1.82) is 0 Å². The molecule has 0 fully saturated rings. The predicted molar refractivity (Wildman–Crippen MR) is 71.2 cm³/mol. The summed E-state index contributed by atoms with van der Waals surface area (Å²) in [5, 5.41) is 2.32. The number of carbonyl (C=O) groups excluding carboxylic acids is 1. The molecule has 3 N–H and O–H groups in total. The highest BCUT2D eigenvalue weighted by atomic mass is 19.1. The number of benzene rings is 1. The van der Waals surface area contributed by atoms with E-state index in [4.69, 9.17) is 5.73 Å². The molecule has 1 aromatic carbocycles. The van der Waals surface area contributed by atoms with Crippen LogP contribution in [0.5, 0.6) is 0 Å². The largest absolute Gasteiger partial charge is 0.325 e. The number of halogens is 2. The molecule has 0 radical (unpaired) electrons. The summed E-state index contributed by atoms with van der Waals surface area (Å²) < 4.78 is 27.0. The average Bonchev–Trinajstić information content (AvgIpc) is 2.44. The third-order valence-corrected chi connectivity index (χ3v) is 2.78. The Kier molecular flexibility index (Phi) is 4.05. The number of pyridine rings is 1. The lowest BCUT2D eigenvalue weighted by molar-refractivity contribution is 0.102. The van der Waals surface area contributed by atoms with Gasteiger partial charge in [-0.05, 0) is 30.7 Å². The van der Waals surface area contributed by atoms with E-state index in [9.17, 15) is 13.6 Å². The molecule has 6 heteroatoms. The Hall–Kier alpha value is -2.34. The standard InChI is InChI=1S/C14H13F2N3O/c1-8-4-12(16)13(6-11(8)15)19-14(20)9-2-3-18-10(5-9)7-17/h2-6H,7,17H2,1H3,(H,19,20). The summed E-state index contributed by atoms with van der Waals surface area (Å²) >= 11 is 0. The van der Waals surface area contributed by atoms with Crippen molar-refractivity contribution in [3.63, 3.8) is 0 Å². The number of aryl methyl sites for hydroxylation is 1. The molecule has 0 atom stereocenters. The number of carbonyl (C=O) groups is 1. The molecule has 1 amide bonds. The van der Waals surface area contributed by atoms with E-state index in [1.807, 2.05) is 0 Å². The number of nitrogens with zero attached hydrogens (tertiary/aromatic N) is 1. The number of nitrogens with two attached hydrogens (primary N) is 1. The van der Waals surface area contributed by atoms with Gasteiger partial charge in [0.1, 0.15) is 11.6 Å². The number of aromatic nitrogens is 1. The number of nitrogens with one attached hydrogen (secondary N) is 1. The quantitative estimate of drug-likeness (QED) is 0.905. The molecule has 2 aromatic rings. The van der Waals surface area contributed by atoms with Crippen LogP contribution in [0.1, 0.15) is 21.6 Å². The van der Waals surface area contributed by atoms with Gasteiger partial charge in [-0.1, -0.05) is 0 Å². The molecule has 0 saturated carbocycles. The van der Waals surface area contributed by atoms with Crippen LogP contribution in [0.3, 0.4) is 0 Å². The average molecular weight is 277 g/mol. The fourth-order valence-electron chi connectivity index (χ4n) is 1.67. The maximum absolute atomic E-state index is 13.6. The minimum atomic E-state index is -0.689. The van der Waals surface area contributed by atoms with E-state index >= 15 is 0 Å². The third kappa shape index (κ3) is 2.97. The molecule has 104 valence electrons. The second-order valence-corrected chi connectivity index (χ2v) is 4.28. The first-order valence-electron chi connectivity index (χ1n) is 5.93. The van der Waals surface area contributed by atoms with Gasteiger partial charge in [0.2, 0.25) is 0 Å². The SMILES string of the molecule is Cc1cc(F)c(NC(=O)c2ccnc(CN)c2)cc1F. The fraction of sp³-hybridized carbons (Fsp3) is 0.143. The van der Waals surface area contributed by atoms with Gasteiger partial charge in [-0.2, -0.15) is 0 Å². The first-order valence-corrected chi connectivity index (χ1v) is 5.93. The molecule has 0 bridgehead atoms. The summed E-state index contributed by atoms with van der Waals surface area (Å²) in [6.45, 7) is 1.63. The molecule has 0 unspecified atom stereocenters. The lowest BCUT2D eigenvalue weighted by atomic mass is 10.1. The number of hydrogen-bond acceptors (Lipinski definition) is 3. The molecule has 0 aliphatic rings. The first kappa shape index (κ1) is 14.1. The molecule has 20 heavy (non-hydrogen) atoms. The minimum Gasteiger partial charge on any atom is -0.325 e. The highest BCUT2D eigenvalue weighted by molar-refractivity contribution is 6.04. The molecular formula is C14H13F2N3O. The van der Waals surface area contributed by atoms with E-state index in [1.54, 1.807) is 0 Å². The Bertz CT molecular complexity index is 659. The van der Waals surface area contributed by atoms with Gasteiger partial charge in [0, 0.05) is 24.4 Å². The predicted octanol–water partition coefficient (Wildman–Crippen LogP) is 2.38. The summed E-state index contributed by atoms with van der Waals surface area (Å²) in [6, 6.07) is 4.95. The molecule has 0 aliphatic heterocycles. The topological polar surface area (TPSA) is 68.0 Å². The Morgan fingerprint density at radius 2 is 2.05 bits per heavy atom. The summed E-state index contributed by atoms with van der Waals surface area (Å²) in [5.74, 6) is -1.83. The summed E-state index contributed by atoms with van der Waals surface area (Å²) in [7, 11) is 0. The zero-order chi connectivity index (χ0) is 14.7. The van der Waals surface area contributed by atoms with Gasteiger partial charge in [0.05, 0.1) is 11.4 Å². The summed E-state index contributed by atoms with van der Waals surface area (Å²) in [6.07, 6.45) is 1.43. The maximum atomic E-state index is 13.6. The van der Waals surface area contributed by atoms with Crippen molar-refractivity contribution >= 4 is 11.6 Å². The fourth-order valence-corrected chi connectivity index (χ4v) is 1.67. The third-order valence-electron chi connectivity index (χ3n) is 2.78. The van der Waals surface area contributed by atoms with Crippen LogP contribution in [0.15, 0.2) is 30.5 Å². The lowest BCUT2D eigenvalue weighted by Crippen LogP contribution is -2.14. The Morgan fingerprint density at radius 3 is 2.75 bits per heavy atom. The van der Waals surface area contributed by atoms with Gasteiger partial charge in [-0.15, -0.1) is 0 Å². The second kappa shape index (κ2) is 5.75. The van der Waals surface area contributed by atoms with Crippen molar-refractivity contribution < 1.29 is 13.6 Å². The number of hydrogen-bond donors (Lipinski definition) is 2. The smallest absolute Gasteiger partial charge is 0.255 e. The van der Waals surface area contributed by atoms with Crippen molar-refractivity contribution in [3.05, 3.63) is 58.9 Å². The van der Waals surface area contributed by atoms with Crippen molar-refractivity contribution in [1.82, 2.24) is 4.98 Å². The van der Waals surface area contributed by atoms with E-state index in [2.05, 4.69) is 10.3 Å². The van der Waals surface area contributed by atoms with E-state index in [-0.39, 0.29) is 23.4 Å². The zero-order valence-corrected chi connectivity index (χ0v) is 10.8. The number of amides is 1. The highest BCUT2D eigenvalue weighted by Gasteiger charge is 2.12. The Balaban J connectivity index is 2.25. The Labute approximate surface area is 114 Å². The van der Waals surface area contributed by atoms with Crippen LogP contribution in [0.2, 0.25) is 0 Å². The van der Waals surface area contributed by atoms with E-state index in [1.165, 1.54) is 25.3 Å². The van der Waals surface area contributed by atoms with Crippen LogP contribution in [0, 0.1) is 18.6 Å². The van der Waals surface area contributed by atoms with Crippen LogP contribution >= 0.6 is 0 Å². The molecule has 0 saturated heterocycles. The van der Waals surface area contributed by atoms with Crippen molar-refractivity contribution in [3.8, 4) is 0 Å². The van der Waals surface area contributed by atoms with Gasteiger partial charge in [0.15, 0.2) is 0 Å². The summed E-state index contributed by atoms with van der Waals surface area (Å²) in [5.41, 5.74) is 6.21. The summed E-state index contributed by atoms with van der Waals surface area (Å²) in [4.78, 5) is 15.9. The number of rotatable bonds is 3. The van der Waals surface area contributed by atoms with Gasteiger partial charge in [-0.25, -0.2) is 8.78 Å². The highest BCUT2D eigenvalue weighted by Crippen LogP contribution is 2.19. The molecule has 4 nitrogen and oxygen atoms in total. The molecule has 0 aliphatic carbocycles. The maximum Gasteiger partial charge on any atom is 0.255 e. The normalized spacial score (nSPS) is 10.4. The van der Waals surface area contributed by atoms with Crippen LogP contribution in [0.4, 0.5) is 14.5 Å². The van der Waals surface area contributed by atoms with Gasteiger partial charge >= 0.3 is 0 Å². The van der Waals surface area contributed by atoms with E-state index < -0.39 is 17.5 Å². The minimum absolute atomic E-state index is 0.176. The van der Waals surface area contributed by atoms with Crippen molar-refractivity contribution in [2.45, 2.75) is 13.5 Å². The van der Waals surface area contributed by atoms with Crippen molar-refractivity contribution in [2.75, 3.05) is 5.32 Å². The van der Waals surface area contributed by atoms with Crippen LogP contribution in [-0.4, -0.2) is 10.9 Å². The molecule has 2 rings (SSSR count). The second-order valence-electron chi connectivity index (χ2n) is 4.28. The lowest BCUT2D eigenvalue weighted by Gasteiger charge is -2.08. The first-order chi connectivity index (χ1) is 9.51. The van der Waals surface area contributed by atoms with Gasteiger partial charge in [0.25, 0.3) is 5.91 Å². The molecule has 1 aromatic heterocycles. The monoisotopic (exact) mass is 277 g/mol. The van der Waals surface area contributed by atoms with E-state index in [0.29, 0.717) is 5.69 Å². The van der Waals surface area contributed by atoms with Gasteiger partial charge in [-0.3, -0.25) is 9.78 Å².